The van der Waals surface area contributed by atoms with Crippen molar-refractivity contribution in [2.24, 2.45) is 0 Å². The Bertz CT molecular complexity index is 816. The molecule has 3 rings (SSSR count). The molecule has 0 unspecified atom stereocenters. The number of aromatic nitrogens is 1. The van der Waals surface area contributed by atoms with Crippen LogP contribution >= 0.6 is 11.3 Å². The number of carbonyl (C=O) groups excluding carboxylic acids is 1. The van der Waals surface area contributed by atoms with E-state index in [9.17, 15) is 4.79 Å². The van der Waals surface area contributed by atoms with Gasteiger partial charge < -0.3 is 10.6 Å². The molecule has 3 aromatic rings. The molecule has 118 valence electrons. The van der Waals surface area contributed by atoms with E-state index < -0.39 is 0 Å². The van der Waals surface area contributed by atoms with Gasteiger partial charge >= 0.3 is 6.03 Å². The Labute approximate surface area is 139 Å². The first-order valence-electron chi connectivity index (χ1n) is 7.46. The van der Waals surface area contributed by atoms with Crippen molar-refractivity contribution in [2.45, 2.75) is 26.3 Å². The summed E-state index contributed by atoms with van der Waals surface area (Å²) < 4.78 is 1.16. The molecule has 0 saturated carbocycles. The van der Waals surface area contributed by atoms with Crippen molar-refractivity contribution in [2.75, 3.05) is 5.32 Å². The van der Waals surface area contributed by atoms with E-state index in [1.165, 1.54) is 0 Å². The molecule has 2 aromatic carbocycles. The van der Waals surface area contributed by atoms with Crippen LogP contribution in [-0.4, -0.2) is 16.6 Å². The second-order valence-electron chi connectivity index (χ2n) is 6.40. The Hall–Kier alpha value is -2.40. The van der Waals surface area contributed by atoms with E-state index in [2.05, 4.69) is 21.7 Å². The molecule has 23 heavy (non-hydrogen) atoms. The summed E-state index contributed by atoms with van der Waals surface area (Å²) >= 11 is 1.65. The third kappa shape index (κ3) is 3.87. The zero-order valence-electron chi connectivity index (χ0n) is 13.4. The number of hydrogen-bond acceptors (Lipinski definition) is 3. The van der Waals surface area contributed by atoms with E-state index in [-0.39, 0.29) is 11.6 Å². The lowest BCUT2D eigenvalue weighted by Gasteiger charge is -2.20. The quantitative estimate of drug-likeness (QED) is 0.705. The topological polar surface area (TPSA) is 54.0 Å². The van der Waals surface area contributed by atoms with Crippen LogP contribution in [-0.2, 0) is 0 Å². The van der Waals surface area contributed by atoms with Crippen LogP contribution in [0, 0.1) is 0 Å². The van der Waals surface area contributed by atoms with Crippen molar-refractivity contribution >= 4 is 33.3 Å². The minimum atomic E-state index is -0.269. The van der Waals surface area contributed by atoms with E-state index in [1.807, 2.05) is 63.2 Å². The minimum absolute atomic E-state index is 0.209. The number of nitrogens with one attached hydrogen (secondary N) is 2. The fraction of sp³-hybridized carbons (Fsp3) is 0.222. The normalized spacial score (nSPS) is 11.4. The molecular formula is C18H19N3OS. The van der Waals surface area contributed by atoms with Crippen LogP contribution in [0.2, 0.25) is 0 Å². The van der Waals surface area contributed by atoms with Gasteiger partial charge in [-0.3, -0.25) is 0 Å². The van der Waals surface area contributed by atoms with Crippen LogP contribution in [0.3, 0.4) is 0 Å². The highest BCUT2D eigenvalue weighted by atomic mass is 32.1. The summed E-state index contributed by atoms with van der Waals surface area (Å²) in [6.45, 7) is 5.85. The van der Waals surface area contributed by atoms with E-state index in [0.29, 0.717) is 0 Å². The van der Waals surface area contributed by atoms with Crippen LogP contribution in [0.4, 0.5) is 10.5 Å². The highest BCUT2D eigenvalue weighted by molar-refractivity contribution is 7.21. The standard InChI is InChI=1S/C18H19N3OS/c1-18(2,3)21-17(22)19-13-8-6-7-12(11-13)16-20-14-9-4-5-10-15(14)23-16/h4-11H,1-3H3,(H2,19,21,22). The highest BCUT2D eigenvalue weighted by Gasteiger charge is 2.14. The van der Waals surface area contributed by atoms with Gasteiger partial charge in [-0.05, 0) is 45.0 Å². The molecule has 0 aliphatic carbocycles. The number of thiazole rings is 1. The van der Waals surface area contributed by atoms with Crippen molar-refractivity contribution in [3.63, 3.8) is 0 Å². The number of anilines is 1. The van der Waals surface area contributed by atoms with E-state index in [4.69, 9.17) is 0 Å². The molecule has 0 fully saturated rings. The molecule has 0 spiro atoms. The number of urea groups is 1. The number of rotatable bonds is 2. The Morgan fingerprint density at radius 3 is 2.61 bits per heavy atom. The van der Waals surface area contributed by atoms with Crippen LogP contribution in [0.15, 0.2) is 48.5 Å². The first-order chi connectivity index (χ1) is 10.9. The molecule has 0 aliphatic rings. The second kappa shape index (κ2) is 6.01. The predicted molar refractivity (Wildman–Crippen MR) is 97.0 cm³/mol. The number of hydrogen-bond donors (Lipinski definition) is 2. The summed E-state index contributed by atoms with van der Waals surface area (Å²) in [6.07, 6.45) is 0. The molecule has 0 saturated heterocycles. The Kier molecular flexibility index (Phi) is 4.05. The van der Waals surface area contributed by atoms with E-state index >= 15 is 0 Å². The van der Waals surface area contributed by atoms with Crippen molar-refractivity contribution < 1.29 is 4.79 Å². The van der Waals surface area contributed by atoms with Gasteiger partial charge in [0.2, 0.25) is 0 Å². The lowest BCUT2D eigenvalue weighted by atomic mass is 10.1. The van der Waals surface area contributed by atoms with Crippen molar-refractivity contribution in [1.29, 1.82) is 0 Å². The molecule has 0 aliphatic heterocycles. The predicted octanol–water partition coefficient (Wildman–Crippen LogP) is 4.88. The maximum absolute atomic E-state index is 12.0. The van der Waals surface area contributed by atoms with Gasteiger partial charge in [0, 0.05) is 16.8 Å². The van der Waals surface area contributed by atoms with Gasteiger partial charge in [-0.2, -0.15) is 0 Å². The van der Waals surface area contributed by atoms with E-state index in [0.717, 1.165) is 26.5 Å². The summed E-state index contributed by atoms with van der Waals surface area (Å²) in [6, 6.07) is 15.6. The number of amides is 2. The second-order valence-corrected chi connectivity index (χ2v) is 7.43. The minimum Gasteiger partial charge on any atom is -0.333 e. The number of para-hydroxylation sites is 1. The Balaban J connectivity index is 1.83. The summed E-state index contributed by atoms with van der Waals surface area (Å²) in [5.74, 6) is 0. The number of benzene rings is 2. The summed E-state index contributed by atoms with van der Waals surface area (Å²) in [5.41, 5.74) is 2.48. The number of fused-ring (bicyclic) bond motifs is 1. The van der Waals surface area contributed by atoms with Gasteiger partial charge in [0.15, 0.2) is 0 Å². The number of carbonyl (C=O) groups is 1. The molecule has 1 aromatic heterocycles. The van der Waals surface area contributed by atoms with Gasteiger partial charge in [-0.25, -0.2) is 9.78 Å². The zero-order valence-corrected chi connectivity index (χ0v) is 14.2. The van der Waals surface area contributed by atoms with Crippen molar-refractivity contribution in [3.05, 3.63) is 48.5 Å². The van der Waals surface area contributed by atoms with Gasteiger partial charge in [0.1, 0.15) is 5.01 Å². The molecule has 1 heterocycles. The Morgan fingerprint density at radius 2 is 1.87 bits per heavy atom. The lowest BCUT2D eigenvalue weighted by Crippen LogP contribution is -2.43. The fourth-order valence-corrected chi connectivity index (χ4v) is 3.19. The molecular weight excluding hydrogens is 306 g/mol. The lowest BCUT2D eigenvalue weighted by molar-refractivity contribution is 0.244. The molecule has 0 radical (unpaired) electrons. The van der Waals surface area contributed by atoms with Crippen LogP contribution in [0.5, 0.6) is 0 Å². The average Bonchev–Trinajstić information content (AvgIpc) is 2.89. The van der Waals surface area contributed by atoms with Crippen LogP contribution < -0.4 is 10.6 Å². The SMILES string of the molecule is CC(C)(C)NC(=O)Nc1cccc(-c2nc3ccccc3s2)c1. The third-order valence-corrected chi connectivity index (χ3v) is 4.24. The van der Waals surface area contributed by atoms with Crippen LogP contribution in [0.25, 0.3) is 20.8 Å². The average molecular weight is 325 g/mol. The van der Waals surface area contributed by atoms with Gasteiger partial charge in [-0.15, -0.1) is 11.3 Å². The molecule has 0 atom stereocenters. The smallest absolute Gasteiger partial charge is 0.319 e. The van der Waals surface area contributed by atoms with Gasteiger partial charge in [0.05, 0.1) is 10.2 Å². The molecule has 5 heteroatoms. The third-order valence-electron chi connectivity index (χ3n) is 3.15. The summed E-state index contributed by atoms with van der Waals surface area (Å²) in [4.78, 5) is 16.6. The van der Waals surface area contributed by atoms with Crippen LogP contribution in [0.1, 0.15) is 20.8 Å². The fourth-order valence-electron chi connectivity index (χ4n) is 2.23. The summed E-state index contributed by atoms with van der Waals surface area (Å²) in [5, 5.41) is 6.70. The first-order valence-corrected chi connectivity index (χ1v) is 8.27. The monoisotopic (exact) mass is 325 g/mol. The zero-order chi connectivity index (χ0) is 16.4. The first kappa shape index (κ1) is 15.5. The van der Waals surface area contributed by atoms with Gasteiger partial charge in [-0.1, -0.05) is 24.3 Å². The molecule has 0 bridgehead atoms. The Morgan fingerprint density at radius 1 is 1.09 bits per heavy atom. The van der Waals surface area contributed by atoms with Crippen molar-refractivity contribution in [3.8, 4) is 10.6 Å². The van der Waals surface area contributed by atoms with Crippen molar-refractivity contribution in [1.82, 2.24) is 10.3 Å². The molecule has 2 amide bonds. The molecule has 2 N–H and O–H groups in total. The maximum Gasteiger partial charge on any atom is 0.319 e. The summed E-state index contributed by atoms with van der Waals surface area (Å²) in [7, 11) is 0. The molecule has 4 nitrogen and oxygen atoms in total. The van der Waals surface area contributed by atoms with Gasteiger partial charge in [0.25, 0.3) is 0 Å². The maximum atomic E-state index is 12.0. The van der Waals surface area contributed by atoms with E-state index in [1.54, 1.807) is 11.3 Å². The largest absolute Gasteiger partial charge is 0.333 e. The number of nitrogens with zero attached hydrogens (tertiary/aromatic N) is 1. The highest BCUT2D eigenvalue weighted by Crippen LogP contribution is 2.31.